The monoisotopic (exact) mass is 300 g/mol. The Hall–Kier alpha value is -0.530. The molecule has 0 radical (unpaired) electrons. The highest BCUT2D eigenvalue weighted by molar-refractivity contribution is 5.71. The van der Waals surface area contributed by atoms with E-state index in [1.165, 1.54) is 6.42 Å². The van der Waals surface area contributed by atoms with Gasteiger partial charge in [-0.05, 0) is 36.0 Å². The number of esters is 1. The average molecular weight is 301 g/mol. The molecule has 2 heteroatoms. The lowest BCUT2D eigenvalue weighted by Crippen LogP contribution is -2.14. The fourth-order valence-electron chi connectivity index (χ4n) is 2.17. The predicted molar refractivity (Wildman–Crippen MR) is 93.4 cm³/mol. The number of carbonyl (C=O) groups excluding carboxylic acids is 1. The van der Waals surface area contributed by atoms with Crippen LogP contribution in [0.1, 0.15) is 88.5 Å². The van der Waals surface area contributed by atoms with Crippen LogP contribution in [0.2, 0.25) is 0 Å². The summed E-state index contributed by atoms with van der Waals surface area (Å²) in [5.41, 5.74) is 0.860. The average Bonchev–Trinajstić information content (AvgIpc) is 2.19. The molecular formula is C19H40O2. The Morgan fingerprint density at radius 1 is 0.905 bits per heavy atom. The van der Waals surface area contributed by atoms with Gasteiger partial charge in [-0.25, -0.2) is 0 Å². The molecule has 0 aliphatic rings. The second-order valence-electron chi connectivity index (χ2n) is 9.15. The number of ether oxygens (including phenoxy) is 1. The van der Waals surface area contributed by atoms with Gasteiger partial charge in [0.15, 0.2) is 0 Å². The molecule has 0 heterocycles. The molecule has 0 aromatic heterocycles. The van der Waals surface area contributed by atoms with Crippen LogP contribution in [0.3, 0.4) is 0 Å². The zero-order valence-corrected chi connectivity index (χ0v) is 16.3. The Kier molecular flexibility index (Phi) is 11.1. The number of carbonyl (C=O) groups is 1. The van der Waals surface area contributed by atoms with Crippen LogP contribution < -0.4 is 0 Å². The van der Waals surface area contributed by atoms with E-state index in [1.54, 1.807) is 0 Å². The second kappa shape index (κ2) is 10.2. The van der Waals surface area contributed by atoms with Crippen LogP contribution in [0.4, 0.5) is 0 Å². The SMILES string of the molecule is CC(C)C(=O)OCCCC(C)(C)C.CC(C)CC(C)(C)C. The van der Waals surface area contributed by atoms with E-state index in [1.807, 2.05) is 13.8 Å². The van der Waals surface area contributed by atoms with E-state index < -0.39 is 0 Å². The smallest absolute Gasteiger partial charge is 0.308 e. The first-order valence-electron chi connectivity index (χ1n) is 8.41. The van der Waals surface area contributed by atoms with E-state index >= 15 is 0 Å². The van der Waals surface area contributed by atoms with Gasteiger partial charge in [-0.2, -0.15) is 0 Å². The first-order chi connectivity index (χ1) is 9.24. The third-order valence-corrected chi connectivity index (χ3v) is 2.81. The van der Waals surface area contributed by atoms with Gasteiger partial charge in [0.05, 0.1) is 12.5 Å². The second-order valence-corrected chi connectivity index (χ2v) is 9.15. The molecule has 0 atom stereocenters. The molecule has 0 saturated heterocycles. The lowest BCUT2D eigenvalue weighted by atomic mass is 9.86. The Labute approximate surface area is 134 Å². The first-order valence-corrected chi connectivity index (χ1v) is 8.41. The minimum atomic E-state index is -0.0890. The third-order valence-electron chi connectivity index (χ3n) is 2.81. The molecule has 128 valence electrons. The van der Waals surface area contributed by atoms with Crippen LogP contribution in [0.25, 0.3) is 0 Å². The molecule has 0 rings (SSSR count). The number of hydrogen-bond acceptors (Lipinski definition) is 2. The normalized spacial score (nSPS) is 12.2. The van der Waals surface area contributed by atoms with Gasteiger partial charge in [0, 0.05) is 0 Å². The topological polar surface area (TPSA) is 26.3 Å². The minimum Gasteiger partial charge on any atom is -0.465 e. The minimum absolute atomic E-state index is 0.00497. The Morgan fingerprint density at radius 2 is 1.38 bits per heavy atom. The Morgan fingerprint density at radius 3 is 1.62 bits per heavy atom. The summed E-state index contributed by atoms with van der Waals surface area (Å²) in [5.74, 6) is 0.749. The Balaban J connectivity index is 0. The van der Waals surface area contributed by atoms with Gasteiger partial charge in [0.2, 0.25) is 0 Å². The van der Waals surface area contributed by atoms with Crippen LogP contribution in [-0.4, -0.2) is 12.6 Å². The standard InChI is InChI=1S/C11H22O2.C8H18/c1-9(2)10(12)13-8-6-7-11(3,4)5;1-7(2)6-8(3,4)5/h9H,6-8H2,1-5H3;7H,6H2,1-5H3. The molecule has 0 aromatic rings. The summed E-state index contributed by atoms with van der Waals surface area (Å²) < 4.78 is 5.06. The van der Waals surface area contributed by atoms with Crippen molar-refractivity contribution in [2.75, 3.05) is 6.61 Å². The molecule has 0 aromatic carbocycles. The van der Waals surface area contributed by atoms with Crippen molar-refractivity contribution in [3.63, 3.8) is 0 Å². The van der Waals surface area contributed by atoms with E-state index in [9.17, 15) is 4.79 Å². The first kappa shape index (κ1) is 22.7. The van der Waals surface area contributed by atoms with Crippen LogP contribution >= 0.6 is 0 Å². The van der Waals surface area contributed by atoms with Gasteiger partial charge in [-0.15, -0.1) is 0 Å². The molecule has 0 unspecified atom stereocenters. The molecule has 0 aliphatic carbocycles. The van der Waals surface area contributed by atoms with Crippen molar-refractivity contribution in [3.05, 3.63) is 0 Å². The highest BCUT2D eigenvalue weighted by Crippen LogP contribution is 2.23. The van der Waals surface area contributed by atoms with Gasteiger partial charge in [-0.3, -0.25) is 4.79 Å². The van der Waals surface area contributed by atoms with Crippen LogP contribution in [0.15, 0.2) is 0 Å². The number of rotatable bonds is 5. The van der Waals surface area contributed by atoms with Crippen LogP contribution in [-0.2, 0) is 9.53 Å². The molecule has 0 fully saturated rings. The Bertz CT molecular complexity index is 264. The van der Waals surface area contributed by atoms with E-state index in [2.05, 4.69) is 55.4 Å². The largest absolute Gasteiger partial charge is 0.465 e. The maximum absolute atomic E-state index is 11.0. The van der Waals surface area contributed by atoms with Crippen molar-refractivity contribution in [3.8, 4) is 0 Å². The zero-order valence-electron chi connectivity index (χ0n) is 16.3. The third kappa shape index (κ3) is 21.9. The summed E-state index contributed by atoms with van der Waals surface area (Å²) in [6.07, 6.45) is 3.38. The molecule has 2 nitrogen and oxygen atoms in total. The molecule has 0 spiro atoms. The van der Waals surface area contributed by atoms with E-state index in [4.69, 9.17) is 4.74 Å². The van der Waals surface area contributed by atoms with Crippen molar-refractivity contribution >= 4 is 5.97 Å². The molecule has 21 heavy (non-hydrogen) atoms. The summed E-state index contributed by atoms with van der Waals surface area (Å²) in [6.45, 7) is 22.2. The lowest BCUT2D eigenvalue weighted by Gasteiger charge is -2.19. The van der Waals surface area contributed by atoms with Gasteiger partial charge in [0.1, 0.15) is 0 Å². The summed E-state index contributed by atoms with van der Waals surface area (Å²) in [6, 6.07) is 0. The maximum Gasteiger partial charge on any atom is 0.308 e. The molecule has 0 N–H and O–H groups in total. The number of hydrogen-bond donors (Lipinski definition) is 0. The lowest BCUT2D eigenvalue weighted by molar-refractivity contribution is -0.147. The van der Waals surface area contributed by atoms with Crippen LogP contribution in [0, 0.1) is 22.7 Å². The van der Waals surface area contributed by atoms with Gasteiger partial charge < -0.3 is 4.74 Å². The molecule has 0 bridgehead atoms. The molecule has 0 amide bonds. The quantitative estimate of drug-likeness (QED) is 0.453. The van der Waals surface area contributed by atoms with Crippen molar-refractivity contribution in [1.29, 1.82) is 0 Å². The zero-order chi connectivity index (χ0) is 17.3. The van der Waals surface area contributed by atoms with Crippen molar-refractivity contribution < 1.29 is 9.53 Å². The van der Waals surface area contributed by atoms with Crippen molar-refractivity contribution in [2.45, 2.75) is 88.5 Å². The van der Waals surface area contributed by atoms with Gasteiger partial charge >= 0.3 is 5.97 Å². The predicted octanol–water partition coefficient (Wildman–Crippen LogP) is 6.09. The highest BCUT2D eigenvalue weighted by atomic mass is 16.5. The van der Waals surface area contributed by atoms with Crippen molar-refractivity contribution in [2.24, 2.45) is 22.7 Å². The summed E-state index contributed by atoms with van der Waals surface area (Å²) in [7, 11) is 0. The fourth-order valence-corrected chi connectivity index (χ4v) is 2.17. The summed E-state index contributed by atoms with van der Waals surface area (Å²) in [4.78, 5) is 11.0. The van der Waals surface area contributed by atoms with Gasteiger partial charge in [0.25, 0.3) is 0 Å². The molecule has 0 saturated carbocycles. The van der Waals surface area contributed by atoms with Gasteiger partial charge in [-0.1, -0.05) is 69.2 Å². The van der Waals surface area contributed by atoms with Crippen LogP contribution in [0.5, 0.6) is 0 Å². The molecule has 0 aliphatic heterocycles. The maximum atomic E-state index is 11.0. The van der Waals surface area contributed by atoms with Crippen molar-refractivity contribution in [1.82, 2.24) is 0 Å². The fraction of sp³-hybridized carbons (Fsp3) is 0.947. The molecular weight excluding hydrogens is 260 g/mol. The van der Waals surface area contributed by atoms with E-state index in [0.717, 1.165) is 18.8 Å². The van der Waals surface area contributed by atoms with E-state index in [0.29, 0.717) is 17.4 Å². The summed E-state index contributed by atoms with van der Waals surface area (Å²) in [5, 5.41) is 0. The highest BCUT2D eigenvalue weighted by Gasteiger charge is 2.12. The van der Waals surface area contributed by atoms with E-state index in [-0.39, 0.29) is 11.9 Å². The summed E-state index contributed by atoms with van der Waals surface area (Å²) >= 11 is 0.